The number of ether oxygens (including phenoxy) is 1. The minimum Gasteiger partial charge on any atom is -0.381 e. The second kappa shape index (κ2) is 8.13. The van der Waals surface area contributed by atoms with Gasteiger partial charge in [-0.2, -0.15) is 0 Å². The van der Waals surface area contributed by atoms with Crippen LogP contribution in [0.15, 0.2) is 0 Å². The molecule has 1 heterocycles. The van der Waals surface area contributed by atoms with Gasteiger partial charge in [-0.3, -0.25) is 4.90 Å². The van der Waals surface area contributed by atoms with Crippen molar-refractivity contribution in [3.05, 3.63) is 0 Å². The highest BCUT2D eigenvalue weighted by Gasteiger charge is 2.32. The van der Waals surface area contributed by atoms with Gasteiger partial charge in [-0.25, -0.2) is 0 Å². The van der Waals surface area contributed by atoms with Gasteiger partial charge in [0.15, 0.2) is 0 Å². The lowest BCUT2D eigenvalue weighted by atomic mass is 9.89. The summed E-state index contributed by atoms with van der Waals surface area (Å²) in [5.74, 6) is 0. The van der Waals surface area contributed by atoms with Crippen molar-refractivity contribution >= 4 is 0 Å². The van der Waals surface area contributed by atoms with Crippen LogP contribution in [0.3, 0.4) is 0 Å². The van der Waals surface area contributed by atoms with E-state index in [1.165, 1.54) is 32.1 Å². The predicted molar refractivity (Wildman–Crippen MR) is 77.8 cm³/mol. The smallest absolute Gasteiger partial charge is 0.0595 e. The average molecular weight is 256 g/mol. The molecule has 0 aliphatic carbocycles. The molecule has 18 heavy (non-hydrogen) atoms. The fraction of sp³-hybridized carbons (Fsp3) is 1.00. The zero-order chi connectivity index (χ0) is 13.4. The van der Waals surface area contributed by atoms with Crippen molar-refractivity contribution in [1.29, 1.82) is 0 Å². The molecule has 1 fully saturated rings. The third-order valence-electron chi connectivity index (χ3n) is 4.55. The van der Waals surface area contributed by atoms with Crippen LogP contribution in [0.25, 0.3) is 0 Å². The number of piperidine rings is 1. The molecule has 1 saturated heterocycles. The SMILES string of the molecule is CCCCCCC(C)(CN)N1CCC(OC)CC1. The first-order valence-electron chi connectivity index (χ1n) is 7.64. The van der Waals surface area contributed by atoms with Crippen LogP contribution in [0, 0.1) is 0 Å². The Hall–Kier alpha value is -0.120. The van der Waals surface area contributed by atoms with Crippen LogP contribution in [-0.2, 0) is 4.74 Å². The molecule has 2 N–H and O–H groups in total. The molecule has 108 valence electrons. The van der Waals surface area contributed by atoms with Crippen LogP contribution in [0.2, 0.25) is 0 Å². The van der Waals surface area contributed by atoms with E-state index in [1.807, 2.05) is 7.11 Å². The van der Waals surface area contributed by atoms with Crippen molar-refractivity contribution in [2.45, 2.75) is 70.4 Å². The summed E-state index contributed by atoms with van der Waals surface area (Å²) in [6, 6.07) is 0. The molecule has 0 spiro atoms. The Morgan fingerprint density at radius 2 is 1.89 bits per heavy atom. The molecular weight excluding hydrogens is 224 g/mol. The molecule has 0 aromatic carbocycles. The molecular formula is C15H32N2O. The normalized spacial score (nSPS) is 22.0. The van der Waals surface area contributed by atoms with Gasteiger partial charge < -0.3 is 10.5 Å². The second-order valence-corrected chi connectivity index (χ2v) is 5.93. The molecule has 0 radical (unpaired) electrons. The maximum absolute atomic E-state index is 6.05. The van der Waals surface area contributed by atoms with Gasteiger partial charge >= 0.3 is 0 Å². The monoisotopic (exact) mass is 256 g/mol. The lowest BCUT2D eigenvalue weighted by Gasteiger charge is -2.44. The Labute approximate surface area is 113 Å². The third-order valence-corrected chi connectivity index (χ3v) is 4.55. The molecule has 1 rings (SSSR count). The summed E-state index contributed by atoms with van der Waals surface area (Å²) in [4.78, 5) is 2.59. The number of nitrogens with two attached hydrogens (primary N) is 1. The molecule has 1 unspecified atom stereocenters. The number of methoxy groups -OCH3 is 1. The highest BCUT2D eigenvalue weighted by atomic mass is 16.5. The standard InChI is InChI=1S/C15H32N2O/c1-4-5-6-7-10-15(2,13-16)17-11-8-14(18-3)9-12-17/h14H,4-13,16H2,1-3H3. The van der Waals surface area contributed by atoms with Gasteiger partial charge in [0, 0.05) is 32.3 Å². The first kappa shape index (κ1) is 15.9. The number of rotatable bonds is 8. The minimum atomic E-state index is 0.201. The Balaban J connectivity index is 2.38. The molecule has 1 aliphatic heterocycles. The van der Waals surface area contributed by atoms with Crippen LogP contribution in [0.4, 0.5) is 0 Å². The molecule has 0 bridgehead atoms. The first-order valence-corrected chi connectivity index (χ1v) is 7.64. The van der Waals surface area contributed by atoms with Gasteiger partial charge in [0.25, 0.3) is 0 Å². The van der Waals surface area contributed by atoms with E-state index in [4.69, 9.17) is 10.5 Å². The molecule has 0 saturated carbocycles. The van der Waals surface area contributed by atoms with Gasteiger partial charge in [-0.1, -0.05) is 32.6 Å². The quantitative estimate of drug-likeness (QED) is 0.679. The van der Waals surface area contributed by atoms with Crippen molar-refractivity contribution < 1.29 is 4.74 Å². The number of unbranched alkanes of at least 4 members (excludes halogenated alkanes) is 3. The largest absolute Gasteiger partial charge is 0.381 e. The zero-order valence-corrected chi connectivity index (χ0v) is 12.6. The lowest BCUT2D eigenvalue weighted by Crippen LogP contribution is -2.55. The van der Waals surface area contributed by atoms with E-state index >= 15 is 0 Å². The molecule has 3 nitrogen and oxygen atoms in total. The maximum Gasteiger partial charge on any atom is 0.0595 e. The fourth-order valence-corrected chi connectivity index (χ4v) is 2.95. The average Bonchev–Trinajstić information content (AvgIpc) is 2.43. The number of hydrogen-bond donors (Lipinski definition) is 1. The highest BCUT2D eigenvalue weighted by molar-refractivity contribution is 4.90. The Bertz CT molecular complexity index is 215. The van der Waals surface area contributed by atoms with Crippen molar-refractivity contribution in [3.8, 4) is 0 Å². The molecule has 1 atom stereocenters. The molecule has 3 heteroatoms. The summed E-state index contributed by atoms with van der Waals surface area (Å²) in [7, 11) is 1.83. The van der Waals surface area contributed by atoms with Crippen LogP contribution < -0.4 is 5.73 Å². The molecule has 0 aromatic heterocycles. The third kappa shape index (κ3) is 4.52. The fourth-order valence-electron chi connectivity index (χ4n) is 2.95. The van der Waals surface area contributed by atoms with E-state index in [1.54, 1.807) is 0 Å². The predicted octanol–water partition coefficient (Wildman–Crippen LogP) is 2.79. The van der Waals surface area contributed by atoms with E-state index in [0.717, 1.165) is 32.5 Å². The van der Waals surface area contributed by atoms with Crippen LogP contribution in [-0.4, -0.2) is 43.3 Å². The van der Waals surface area contributed by atoms with Crippen molar-refractivity contribution in [2.24, 2.45) is 5.73 Å². The van der Waals surface area contributed by atoms with E-state index in [0.29, 0.717) is 6.10 Å². The maximum atomic E-state index is 6.05. The Morgan fingerprint density at radius 1 is 1.22 bits per heavy atom. The summed E-state index contributed by atoms with van der Waals surface area (Å²) in [6.45, 7) is 7.65. The lowest BCUT2D eigenvalue weighted by molar-refractivity contribution is 0.000169. The second-order valence-electron chi connectivity index (χ2n) is 5.93. The molecule has 0 amide bonds. The number of hydrogen-bond acceptors (Lipinski definition) is 3. The van der Waals surface area contributed by atoms with E-state index in [-0.39, 0.29) is 5.54 Å². The zero-order valence-electron chi connectivity index (χ0n) is 12.6. The summed E-state index contributed by atoms with van der Waals surface area (Å²) in [5, 5.41) is 0. The van der Waals surface area contributed by atoms with Gasteiger partial charge in [-0.05, 0) is 26.2 Å². The van der Waals surface area contributed by atoms with Crippen LogP contribution in [0.5, 0.6) is 0 Å². The van der Waals surface area contributed by atoms with Crippen molar-refractivity contribution in [1.82, 2.24) is 4.90 Å². The van der Waals surface area contributed by atoms with Gasteiger partial charge in [-0.15, -0.1) is 0 Å². The van der Waals surface area contributed by atoms with Gasteiger partial charge in [0.1, 0.15) is 0 Å². The van der Waals surface area contributed by atoms with E-state index in [9.17, 15) is 0 Å². The van der Waals surface area contributed by atoms with Gasteiger partial charge in [0.2, 0.25) is 0 Å². The number of likely N-dealkylation sites (tertiary alicyclic amines) is 1. The topological polar surface area (TPSA) is 38.5 Å². The summed E-state index contributed by atoms with van der Waals surface area (Å²) in [6.07, 6.45) is 9.32. The van der Waals surface area contributed by atoms with Crippen LogP contribution in [0.1, 0.15) is 58.8 Å². The van der Waals surface area contributed by atoms with Crippen molar-refractivity contribution in [3.63, 3.8) is 0 Å². The molecule has 0 aromatic rings. The number of nitrogens with zero attached hydrogens (tertiary/aromatic N) is 1. The Kier molecular flexibility index (Phi) is 7.20. The summed E-state index contributed by atoms with van der Waals surface area (Å²) >= 11 is 0. The van der Waals surface area contributed by atoms with E-state index < -0.39 is 0 Å². The highest BCUT2D eigenvalue weighted by Crippen LogP contribution is 2.26. The minimum absolute atomic E-state index is 0.201. The van der Waals surface area contributed by atoms with Crippen molar-refractivity contribution in [2.75, 3.05) is 26.7 Å². The van der Waals surface area contributed by atoms with E-state index in [2.05, 4.69) is 18.7 Å². The summed E-state index contributed by atoms with van der Waals surface area (Å²) < 4.78 is 5.44. The Morgan fingerprint density at radius 3 is 2.39 bits per heavy atom. The van der Waals surface area contributed by atoms with Gasteiger partial charge in [0.05, 0.1) is 6.10 Å². The first-order chi connectivity index (χ1) is 8.66. The van der Waals surface area contributed by atoms with Crippen LogP contribution >= 0.6 is 0 Å². The molecule has 1 aliphatic rings. The summed E-state index contributed by atoms with van der Waals surface area (Å²) in [5.41, 5.74) is 6.25.